The number of halogens is 1. The summed E-state index contributed by atoms with van der Waals surface area (Å²) in [7, 11) is 0. The van der Waals surface area contributed by atoms with Crippen LogP contribution in [0.2, 0.25) is 0 Å². The molecule has 9 heteroatoms. The van der Waals surface area contributed by atoms with Crippen LogP contribution in [0, 0.1) is 12.7 Å². The molecule has 0 saturated carbocycles. The average molecular weight is 385 g/mol. The predicted molar refractivity (Wildman–Crippen MR) is 101 cm³/mol. The van der Waals surface area contributed by atoms with Crippen molar-refractivity contribution in [2.45, 2.75) is 16.7 Å². The number of carbonyl (C=O) groups excluding carboxylic acids is 2. The van der Waals surface area contributed by atoms with Crippen LogP contribution in [-0.2, 0) is 0 Å². The van der Waals surface area contributed by atoms with E-state index in [4.69, 9.17) is 11.5 Å². The molecule has 138 valence electrons. The Morgan fingerprint density at radius 2 is 1.85 bits per heavy atom. The lowest BCUT2D eigenvalue weighted by atomic mass is 10.2. The zero-order valence-corrected chi connectivity index (χ0v) is 15.1. The van der Waals surface area contributed by atoms with Crippen LogP contribution in [0.15, 0.2) is 58.5 Å². The summed E-state index contributed by atoms with van der Waals surface area (Å²) in [6, 6.07) is 11.0. The van der Waals surface area contributed by atoms with Crippen LogP contribution in [0.3, 0.4) is 0 Å². The van der Waals surface area contributed by atoms with Gasteiger partial charge >= 0.3 is 6.03 Å². The second-order valence-electron chi connectivity index (χ2n) is 5.70. The number of amides is 3. The van der Waals surface area contributed by atoms with Crippen LogP contribution < -0.4 is 16.8 Å². The fourth-order valence-electron chi connectivity index (χ4n) is 2.43. The van der Waals surface area contributed by atoms with E-state index in [2.05, 4.69) is 10.4 Å². The first-order valence-corrected chi connectivity index (χ1v) is 8.65. The number of anilines is 1. The molecule has 0 bridgehead atoms. The number of hydrogen-bond acceptors (Lipinski definition) is 4. The van der Waals surface area contributed by atoms with Gasteiger partial charge in [0.05, 0.1) is 17.6 Å². The van der Waals surface area contributed by atoms with E-state index in [0.29, 0.717) is 5.69 Å². The summed E-state index contributed by atoms with van der Waals surface area (Å²) >= 11 is 1.50. The molecule has 3 rings (SSSR count). The molecule has 0 aliphatic rings. The Hall–Kier alpha value is -3.33. The number of carbonyl (C=O) groups is 2. The minimum Gasteiger partial charge on any atom is -0.364 e. The molecule has 7 nitrogen and oxygen atoms in total. The maximum Gasteiger partial charge on any atom is 0.316 e. The molecule has 3 amide bonds. The molecule has 3 aromatic rings. The molecule has 0 spiro atoms. The van der Waals surface area contributed by atoms with Crippen molar-refractivity contribution >= 4 is 29.4 Å². The quantitative estimate of drug-likeness (QED) is 0.626. The van der Waals surface area contributed by atoms with Gasteiger partial charge in [-0.2, -0.15) is 5.10 Å². The second-order valence-corrected chi connectivity index (χ2v) is 6.81. The van der Waals surface area contributed by atoms with Crippen molar-refractivity contribution in [3.8, 4) is 5.69 Å². The van der Waals surface area contributed by atoms with Crippen molar-refractivity contribution in [3.05, 3.63) is 65.7 Å². The monoisotopic (exact) mass is 385 g/mol. The van der Waals surface area contributed by atoms with E-state index in [9.17, 15) is 14.0 Å². The van der Waals surface area contributed by atoms with Crippen molar-refractivity contribution < 1.29 is 14.0 Å². The third-order valence-electron chi connectivity index (χ3n) is 3.67. The van der Waals surface area contributed by atoms with Crippen molar-refractivity contribution in [1.82, 2.24) is 9.78 Å². The summed E-state index contributed by atoms with van der Waals surface area (Å²) in [5.41, 5.74) is 12.1. The Balaban J connectivity index is 1.90. The number of nitrogens with zero attached hydrogens (tertiary/aromatic N) is 2. The third-order valence-corrected chi connectivity index (χ3v) is 4.86. The molecule has 0 atom stereocenters. The molecule has 0 fully saturated rings. The van der Waals surface area contributed by atoms with Crippen molar-refractivity contribution in [2.24, 2.45) is 11.5 Å². The van der Waals surface area contributed by atoms with Crippen LogP contribution in [0.25, 0.3) is 5.69 Å². The first-order valence-electron chi connectivity index (χ1n) is 7.84. The number of benzene rings is 2. The first kappa shape index (κ1) is 18.5. The van der Waals surface area contributed by atoms with Gasteiger partial charge in [0, 0.05) is 9.79 Å². The van der Waals surface area contributed by atoms with Gasteiger partial charge < -0.3 is 16.8 Å². The molecule has 0 radical (unpaired) electrons. The van der Waals surface area contributed by atoms with Gasteiger partial charge in [-0.1, -0.05) is 11.8 Å². The molecule has 0 aliphatic carbocycles. The van der Waals surface area contributed by atoms with Crippen LogP contribution in [0.4, 0.5) is 14.9 Å². The predicted octanol–water partition coefficient (Wildman–Crippen LogP) is 3.06. The van der Waals surface area contributed by atoms with E-state index >= 15 is 0 Å². The van der Waals surface area contributed by atoms with Gasteiger partial charge in [-0.05, 0) is 55.0 Å². The highest BCUT2D eigenvalue weighted by molar-refractivity contribution is 7.99. The van der Waals surface area contributed by atoms with E-state index in [1.807, 2.05) is 25.1 Å². The highest BCUT2D eigenvalue weighted by Gasteiger charge is 2.16. The molecule has 5 N–H and O–H groups in total. The standard InChI is InChI=1S/C18H16FN5O2S/c1-10-8-12(4-7-15(10)27-13-5-2-11(19)3-6-13)24-9-14(22-18(21)26)16(23-24)17(20)25/h2-9H,1H3,(H2,20,25)(H3,21,22,26). The lowest BCUT2D eigenvalue weighted by molar-refractivity contribution is 0.0996. The molecule has 1 aromatic heterocycles. The molecule has 2 aromatic carbocycles. The summed E-state index contributed by atoms with van der Waals surface area (Å²) in [5.74, 6) is -1.06. The maximum absolute atomic E-state index is 13.0. The highest BCUT2D eigenvalue weighted by atomic mass is 32.2. The van der Waals surface area contributed by atoms with Gasteiger partial charge in [-0.3, -0.25) is 4.79 Å². The van der Waals surface area contributed by atoms with Crippen molar-refractivity contribution in [2.75, 3.05) is 5.32 Å². The summed E-state index contributed by atoms with van der Waals surface area (Å²) in [6.07, 6.45) is 1.46. The fraction of sp³-hybridized carbons (Fsp3) is 0.0556. The molecular formula is C18H16FN5O2S. The maximum atomic E-state index is 13.0. The average Bonchev–Trinajstić information content (AvgIpc) is 3.02. The fourth-order valence-corrected chi connectivity index (χ4v) is 3.31. The number of urea groups is 1. The SMILES string of the molecule is Cc1cc(-n2cc(NC(N)=O)c(C(N)=O)n2)ccc1Sc1ccc(F)cc1. The van der Waals surface area contributed by atoms with Gasteiger partial charge in [0.2, 0.25) is 0 Å². The highest BCUT2D eigenvalue weighted by Crippen LogP contribution is 2.31. The van der Waals surface area contributed by atoms with Gasteiger partial charge in [0.1, 0.15) is 5.82 Å². The Morgan fingerprint density at radius 1 is 1.15 bits per heavy atom. The Labute approximate surface area is 158 Å². The Morgan fingerprint density at radius 3 is 2.44 bits per heavy atom. The Kier molecular flexibility index (Phi) is 5.13. The third kappa shape index (κ3) is 4.26. The lowest BCUT2D eigenvalue weighted by Gasteiger charge is -2.08. The number of nitrogens with two attached hydrogens (primary N) is 2. The van der Waals surface area contributed by atoms with E-state index in [1.54, 1.807) is 12.1 Å². The minimum absolute atomic E-state index is 0.0868. The molecule has 0 aliphatic heterocycles. The van der Waals surface area contributed by atoms with Gasteiger partial charge in [-0.25, -0.2) is 13.9 Å². The number of primary amides is 2. The summed E-state index contributed by atoms with van der Waals surface area (Å²) in [5, 5.41) is 6.45. The zero-order valence-electron chi connectivity index (χ0n) is 14.3. The molecular weight excluding hydrogens is 369 g/mol. The number of aryl methyl sites for hydroxylation is 1. The van der Waals surface area contributed by atoms with Gasteiger partial charge in [0.25, 0.3) is 5.91 Å². The number of hydrogen-bond donors (Lipinski definition) is 3. The molecule has 27 heavy (non-hydrogen) atoms. The number of rotatable bonds is 5. The second kappa shape index (κ2) is 7.50. The largest absolute Gasteiger partial charge is 0.364 e. The van der Waals surface area contributed by atoms with Crippen LogP contribution >= 0.6 is 11.8 Å². The molecule has 0 unspecified atom stereocenters. The van der Waals surface area contributed by atoms with Gasteiger partial charge in [-0.15, -0.1) is 0 Å². The van der Waals surface area contributed by atoms with Crippen LogP contribution in [0.5, 0.6) is 0 Å². The lowest BCUT2D eigenvalue weighted by Crippen LogP contribution is -2.22. The summed E-state index contributed by atoms with van der Waals surface area (Å²) < 4.78 is 14.5. The zero-order chi connectivity index (χ0) is 19.6. The smallest absolute Gasteiger partial charge is 0.316 e. The minimum atomic E-state index is -0.820. The van der Waals surface area contributed by atoms with E-state index in [1.165, 1.54) is 34.8 Å². The Bertz CT molecular complexity index is 1020. The van der Waals surface area contributed by atoms with E-state index in [0.717, 1.165) is 15.4 Å². The van der Waals surface area contributed by atoms with Crippen molar-refractivity contribution in [3.63, 3.8) is 0 Å². The van der Waals surface area contributed by atoms with E-state index in [-0.39, 0.29) is 17.2 Å². The first-order chi connectivity index (χ1) is 12.8. The summed E-state index contributed by atoms with van der Waals surface area (Å²) in [4.78, 5) is 24.5. The summed E-state index contributed by atoms with van der Waals surface area (Å²) in [6.45, 7) is 1.93. The van der Waals surface area contributed by atoms with Crippen LogP contribution in [-0.4, -0.2) is 21.7 Å². The van der Waals surface area contributed by atoms with Crippen LogP contribution in [0.1, 0.15) is 16.1 Å². The molecule has 1 heterocycles. The normalized spacial score (nSPS) is 10.6. The molecule has 0 saturated heterocycles. The van der Waals surface area contributed by atoms with E-state index < -0.39 is 11.9 Å². The van der Waals surface area contributed by atoms with Gasteiger partial charge in [0.15, 0.2) is 5.69 Å². The topological polar surface area (TPSA) is 116 Å². The number of aromatic nitrogens is 2. The number of nitrogens with one attached hydrogen (secondary N) is 1. The van der Waals surface area contributed by atoms with Crippen molar-refractivity contribution in [1.29, 1.82) is 0 Å².